The quantitative estimate of drug-likeness (QED) is 0.0824. The van der Waals surface area contributed by atoms with Crippen molar-refractivity contribution in [2.75, 3.05) is 12.8 Å². The fourth-order valence-electron chi connectivity index (χ4n) is 4.09. The SMILES string of the molecule is COc1cc(C)c(C(=O)Oc2cc(C)c(O)c(C(=O)O)c2C)c(O)c1C=O.Nc1ccc(C(=O)Oc2ccccc2)c(O)c1. The lowest BCUT2D eigenvalue weighted by Gasteiger charge is -2.16. The van der Waals surface area contributed by atoms with Gasteiger partial charge in [0.1, 0.15) is 51.2 Å². The van der Waals surface area contributed by atoms with Crippen LogP contribution in [0.2, 0.25) is 0 Å². The highest BCUT2D eigenvalue weighted by atomic mass is 16.5. The van der Waals surface area contributed by atoms with E-state index in [-0.39, 0.29) is 50.6 Å². The predicted molar refractivity (Wildman–Crippen MR) is 158 cm³/mol. The first-order valence-electron chi connectivity index (χ1n) is 12.8. The zero-order valence-electron chi connectivity index (χ0n) is 24.1. The number of nitrogens with two attached hydrogens (primary N) is 1. The molecule has 4 aromatic rings. The van der Waals surface area contributed by atoms with E-state index < -0.39 is 29.4 Å². The van der Waals surface area contributed by atoms with E-state index in [1.807, 2.05) is 6.07 Å². The first-order valence-corrected chi connectivity index (χ1v) is 12.8. The summed E-state index contributed by atoms with van der Waals surface area (Å²) in [6.45, 7) is 4.35. The van der Waals surface area contributed by atoms with Gasteiger partial charge in [-0.1, -0.05) is 18.2 Å². The lowest BCUT2D eigenvalue weighted by Crippen LogP contribution is -2.14. The Labute approximate surface area is 251 Å². The monoisotopic (exact) mass is 603 g/mol. The minimum atomic E-state index is -1.38. The number of aryl methyl sites for hydroxylation is 2. The van der Waals surface area contributed by atoms with E-state index in [0.717, 1.165) is 0 Å². The molecule has 0 heterocycles. The number of methoxy groups -OCH3 is 1. The van der Waals surface area contributed by atoms with Crippen LogP contribution < -0.4 is 19.9 Å². The average Bonchev–Trinajstić information content (AvgIpc) is 2.96. The number of nitrogen functional groups attached to an aromatic ring is 1. The van der Waals surface area contributed by atoms with E-state index in [0.29, 0.717) is 23.3 Å². The second kappa shape index (κ2) is 13.7. The fraction of sp³-hybridized carbons (Fsp3) is 0.125. The lowest BCUT2D eigenvalue weighted by atomic mass is 10.0. The van der Waals surface area contributed by atoms with Gasteiger partial charge in [-0.05, 0) is 68.3 Å². The molecule has 0 atom stereocenters. The largest absolute Gasteiger partial charge is 0.507 e. The number of phenolic OH excluding ortho intramolecular Hbond substituents is 2. The van der Waals surface area contributed by atoms with Crippen LogP contribution in [0.4, 0.5) is 5.69 Å². The van der Waals surface area contributed by atoms with Gasteiger partial charge in [0.25, 0.3) is 0 Å². The minimum absolute atomic E-state index is 0.0419. The lowest BCUT2D eigenvalue weighted by molar-refractivity contribution is 0.0680. The molecule has 0 saturated carbocycles. The number of rotatable bonds is 7. The maximum atomic E-state index is 12.6. The number of hydrogen-bond donors (Lipinski definition) is 5. The molecule has 0 unspecified atom stereocenters. The van der Waals surface area contributed by atoms with E-state index in [2.05, 4.69) is 0 Å². The van der Waals surface area contributed by atoms with Crippen molar-refractivity contribution in [2.24, 2.45) is 0 Å². The molecule has 12 heteroatoms. The average molecular weight is 604 g/mol. The Kier molecular flexibility index (Phi) is 10.1. The first kappa shape index (κ1) is 32.5. The molecule has 0 fully saturated rings. The summed E-state index contributed by atoms with van der Waals surface area (Å²) in [6.07, 6.45) is 0.350. The van der Waals surface area contributed by atoms with Crippen LogP contribution in [0.15, 0.2) is 60.7 Å². The van der Waals surface area contributed by atoms with Crippen molar-refractivity contribution in [1.82, 2.24) is 0 Å². The number of carbonyl (C=O) groups excluding carboxylic acids is 3. The molecule has 0 aliphatic rings. The van der Waals surface area contributed by atoms with Gasteiger partial charge in [-0.2, -0.15) is 0 Å². The number of esters is 2. The molecule has 0 aliphatic heterocycles. The van der Waals surface area contributed by atoms with Crippen LogP contribution in [0.5, 0.6) is 34.5 Å². The molecule has 0 aliphatic carbocycles. The van der Waals surface area contributed by atoms with Crippen molar-refractivity contribution >= 4 is 29.9 Å². The van der Waals surface area contributed by atoms with Crippen molar-refractivity contribution in [3.8, 4) is 34.5 Å². The highest BCUT2D eigenvalue weighted by Crippen LogP contribution is 2.36. The molecule has 0 aromatic heterocycles. The van der Waals surface area contributed by atoms with Crippen molar-refractivity contribution in [2.45, 2.75) is 20.8 Å². The van der Waals surface area contributed by atoms with Crippen LogP contribution >= 0.6 is 0 Å². The zero-order valence-corrected chi connectivity index (χ0v) is 24.1. The molecule has 4 rings (SSSR count). The van der Waals surface area contributed by atoms with Crippen LogP contribution in [0.3, 0.4) is 0 Å². The summed E-state index contributed by atoms with van der Waals surface area (Å²) in [4.78, 5) is 46.9. The summed E-state index contributed by atoms with van der Waals surface area (Å²) < 4.78 is 15.3. The van der Waals surface area contributed by atoms with Gasteiger partial charge in [0.2, 0.25) is 0 Å². The number of phenols is 3. The third-order valence-electron chi connectivity index (χ3n) is 6.36. The van der Waals surface area contributed by atoms with Crippen LogP contribution in [-0.2, 0) is 0 Å². The van der Waals surface area contributed by atoms with Gasteiger partial charge in [0.05, 0.1) is 12.7 Å². The van der Waals surface area contributed by atoms with Gasteiger partial charge in [0, 0.05) is 17.3 Å². The van der Waals surface area contributed by atoms with Crippen LogP contribution in [0.25, 0.3) is 0 Å². The van der Waals surface area contributed by atoms with Gasteiger partial charge in [0.15, 0.2) is 6.29 Å². The number of carbonyl (C=O) groups is 4. The Balaban J connectivity index is 0.000000266. The molecule has 44 heavy (non-hydrogen) atoms. The highest BCUT2D eigenvalue weighted by Gasteiger charge is 2.26. The van der Waals surface area contributed by atoms with Gasteiger partial charge >= 0.3 is 17.9 Å². The van der Waals surface area contributed by atoms with E-state index in [4.69, 9.17) is 19.9 Å². The number of para-hydroxylation sites is 1. The number of benzene rings is 4. The van der Waals surface area contributed by atoms with Gasteiger partial charge in [-0.25, -0.2) is 14.4 Å². The van der Waals surface area contributed by atoms with Crippen molar-refractivity contribution < 1.29 is 53.8 Å². The Bertz CT molecular complexity index is 1750. The number of anilines is 1. The first-order chi connectivity index (χ1) is 20.8. The Hall–Kier alpha value is -6.04. The van der Waals surface area contributed by atoms with E-state index in [9.17, 15) is 39.6 Å². The number of aromatic hydroxyl groups is 3. The minimum Gasteiger partial charge on any atom is -0.507 e. The molecule has 6 N–H and O–H groups in total. The summed E-state index contributed by atoms with van der Waals surface area (Å²) in [6, 6.07) is 15.6. The van der Waals surface area contributed by atoms with Gasteiger partial charge in [-0.15, -0.1) is 0 Å². The molecular weight excluding hydrogens is 574 g/mol. The molecule has 0 radical (unpaired) electrons. The summed E-state index contributed by atoms with van der Waals surface area (Å²) in [5, 5.41) is 39.0. The molecule has 12 nitrogen and oxygen atoms in total. The molecule has 4 aromatic carbocycles. The molecule has 228 valence electrons. The zero-order chi connectivity index (χ0) is 32.7. The van der Waals surface area contributed by atoms with E-state index >= 15 is 0 Å². The topological polar surface area (TPSA) is 203 Å². The number of hydrogen-bond acceptors (Lipinski definition) is 11. The summed E-state index contributed by atoms with van der Waals surface area (Å²) in [5.74, 6) is -3.76. The second-order valence-electron chi connectivity index (χ2n) is 9.36. The Morgan fingerprint density at radius 2 is 1.41 bits per heavy atom. The normalized spacial score (nSPS) is 10.2. The Morgan fingerprint density at radius 3 is 1.98 bits per heavy atom. The van der Waals surface area contributed by atoms with Crippen molar-refractivity contribution in [1.29, 1.82) is 0 Å². The van der Waals surface area contributed by atoms with E-state index in [1.165, 1.54) is 58.2 Å². The number of ether oxygens (including phenoxy) is 3. The molecule has 0 spiro atoms. The molecule has 0 bridgehead atoms. The maximum absolute atomic E-state index is 12.6. The van der Waals surface area contributed by atoms with Crippen molar-refractivity contribution in [3.63, 3.8) is 0 Å². The third kappa shape index (κ3) is 7.05. The number of carboxylic acids is 1. The summed E-state index contributed by atoms with van der Waals surface area (Å²) in [5.41, 5.74) is 5.64. The standard InChI is InChI=1S/C19H18O8.C13H11NO3/c1-8-5-13(26-4)11(7-20)17(22)14(8)19(25)27-12-6-9(2)16(21)15(10(12)3)18(23)24;14-9-6-7-11(12(15)8-9)13(16)17-10-4-2-1-3-5-10/h5-7,21-22H,1-4H3,(H,23,24);1-8,15H,14H2. The summed E-state index contributed by atoms with van der Waals surface area (Å²) >= 11 is 0. The van der Waals surface area contributed by atoms with Crippen LogP contribution in [0.1, 0.15) is 58.1 Å². The molecule has 0 saturated heterocycles. The predicted octanol–water partition coefficient (Wildman–Crippen LogP) is 4.96. The van der Waals surface area contributed by atoms with E-state index in [1.54, 1.807) is 24.3 Å². The molecular formula is C32H29NO11. The smallest absolute Gasteiger partial charge is 0.347 e. The van der Waals surface area contributed by atoms with Gasteiger partial charge in [-0.3, -0.25) is 4.79 Å². The number of aldehydes is 1. The second-order valence-corrected chi connectivity index (χ2v) is 9.36. The van der Waals surface area contributed by atoms with Gasteiger partial charge < -0.3 is 40.4 Å². The fourth-order valence-corrected chi connectivity index (χ4v) is 4.09. The highest BCUT2D eigenvalue weighted by molar-refractivity contribution is 6.01. The molecule has 0 amide bonds. The van der Waals surface area contributed by atoms with Crippen LogP contribution in [0, 0.1) is 20.8 Å². The Morgan fingerprint density at radius 1 is 0.773 bits per heavy atom. The number of aromatic carboxylic acids is 1. The third-order valence-corrected chi connectivity index (χ3v) is 6.36. The van der Waals surface area contributed by atoms with Crippen LogP contribution in [-0.4, -0.2) is 51.7 Å². The number of carboxylic acid groups (broad SMARTS) is 1. The van der Waals surface area contributed by atoms with Crippen molar-refractivity contribution in [3.05, 3.63) is 99.6 Å². The summed E-state index contributed by atoms with van der Waals surface area (Å²) in [7, 11) is 1.31. The maximum Gasteiger partial charge on any atom is 0.347 e.